The molecule has 1 aliphatic carbocycles. The number of fused-ring (bicyclic) bond motifs is 1. The highest BCUT2D eigenvalue weighted by atomic mass is 35.5. The minimum absolute atomic E-state index is 0. The van der Waals surface area contributed by atoms with Crippen molar-refractivity contribution in [1.29, 1.82) is 0 Å². The summed E-state index contributed by atoms with van der Waals surface area (Å²) in [5, 5.41) is 6.48. The molecule has 1 aromatic rings. The van der Waals surface area contributed by atoms with Crippen molar-refractivity contribution >= 4 is 18.3 Å². The summed E-state index contributed by atoms with van der Waals surface area (Å²) in [5.74, 6) is 1.67. The van der Waals surface area contributed by atoms with Crippen molar-refractivity contribution in [2.45, 2.75) is 44.2 Å². The normalized spacial score (nSPS) is 26.6. The van der Waals surface area contributed by atoms with E-state index in [1.54, 1.807) is 0 Å². The van der Waals surface area contributed by atoms with Crippen LogP contribution in [0.3, 0.4) is 0 Å². The van der Waals surface area contributed by atoms with Crippen molar-refractivity contribution in [2.75, 3.05) is 13.2 Å². The Balaban J connectivity index is 0.00000176. The third-order valence-electron chi connectivity index (χ3n) is 4.59. The first kappa shape index (κ1) is 17.1. The second-order valence-corrected chi connectivity index (χ2v) is 6.06. The summed E-state index contributed by atoms with van der Waals surface area (Å²) < 4.78 is 5.58. The van der Waals surface area contributed by atoms with Crippen molar-refractivity contribution in [1.82, 2.24) is 10.6 Å². The summed E-state index contributed by atoms with van der Waals surface area (Å²) >= 11 is 0. The number of nitrogens with one attached hydrogen (secondary N) is 2. The molecule has 1 aromatic carbocycles. The van der Waals surface area contributed by atoms with Gasteiger partial charge in [0.05, 0.1) is 12.6 Å². The molecule has 1 saturated carbocycles. The first-order valence-corrected chi connectivity index (χ1v) is 8.04. The third kappa shape index (κ3) is 4.37. The van der Waals surface area contributed by atoms with Crippen LogP contribution in [0.5, 0.6) is 5.75 Å². The van der Waals surface area contributed by atoms with Gasteiger partial charge in [-0.25, -0.2) is 0 Å². The molecule has 2 fully saturated rings. The Hall–Kier alpha value is -1.26. The van der Waals surface area contributed by atoms with E-state index in [-0.39, 0.29) is 24.4 Å². The lowest BCUT2D eigenvalue weighted by Crippen LogP contribution is -2.44. The quantitative estimate of drug-likeness (QED) is 0.818. The van der Waals surface area contributed by atoms with Gasteiger partial charge in [0.25, 0.3) is 0 Å². The van der Waals surface area contributed by atoms with Crippen molar-refractivity contribution in [3.63, 3.8) is 0 Å². The zero-order valence-electron chi connectivity index (χ0n) is 12.8. The molecule has 1 heterocycles. The fourth-order valence-electron chi connectivity index (χ4n) is 3.50. The molecule has 2 N–H and O–H groups in total. The van der Waals surface area contributed by atoms with Gasteiger partial charge < -0.3 is 15.4 Å². The fraction of sp³-hybridized carbons (Fsp3) is 0.588. The van der Waals surface area contributed by atoms with Gasteiger partial charge in [-0.15, -0.1) is 12.4 Å². The molecule has 5 heteroatoms. The van der Waals surface area contributed by atoms with Crippen LogP contribution in [0.25, 0.3) is 0 Å². The van der Waals surface area contributed by atoms with Crippen molar-refractivity contribution < 1.29 is 9.53 Å². The minimum atomic E-state index is -0.00479. The van der Waals surface area contributed by atoms with E-state index in [0.29, 0.717) is 25.1 Å². The van der Waals surface area contributed by atoms with Crippen molar-refractivity contribution in [2.24, 2.45) is 5.92 Å². The Kier molecular flexibility index (Phi) is 6.52. The largest absolute Gasteiger partial charge is 0.492 e. The van der Waals surface area contributed by atoms with Crippen LogP contribution in [-0.4, -0.2) is 31.1 Å². The van der Waals surface area contributed by atoms with E-state index in [1.165, 1.54) is 25.7 Å². The molecule has 2 aliphatic rings. The van der Waals surface area contributed by atoms with Crippen LogP contribution in [0.2, 0.25) is 0 Å². The molecule has 4 nitrogen and oxygen atoms in total. The summed E-state index contributed by atoms with van der Waals surface area (Å²) in [4.78, 5) is 12.2. The first-order valence-electron chi connectivity index (χ1n) is 8.04. The zero-order valence-corrected chi connectivity index (χ0v) is 13.6. The van der Waals surface area contributed by atoms with Gasteiger partial charge in [-0.3, -0.25) is 4.79 Å². The van der Waals surface area contributed by atoms with Crippen LogP contribution in [0.1, 0.15) is 32.1 Å². The molecule has 1 amide bonds. The molecular formula is C17H25ClN2O2. The van der Waals surface area contributed by atoms with Crippen LogP contribution in [-0.2, 0) is 4.79 Å². The van der Waals surface area contributed by atoms with Crippen LogP contribution >= 0.6 is 12.4 Å². The lowest BCUT2D eigenvalue weighted by molar-refractivity contribution is -0.123. The number of benzene rings is 1. The van der Waals surface area contributed by atoms with Gasteiger partial charge in [0.1, 0.15) is 12.4 Å². The Morgan fingerprint density at radius 1 is 1.23 bits per heavy atom. The van der Waals surface area contributed by atoms with Crippen LogP contribution in [0, 0.1) is 5.92 Å². The summed E-state index contributed by atoms with van der Waals surface area (Å²) in [7, 11) is 0. The van der Waals surface area contributed by atoms with Gasteiger partial charge >= 0.3 is 0 Å². The highest BCUT2D eigenvalue weighted by Crippen LogP contribution is 2.33. The molecule has 3 unspecified atom stereocenters. The van der Waals surface area contributed by atoms with E-state index in [9.17, 15) is 4.79 Å². The summed E-state index contributed by atoms with van der Waals surface area (Å²) in [5.41, 5.74) is 0. The number of amides is 1. The maximum Gasteiger partial charge on any atom is 0.237 e. The number of carbonyl (C=O) groups excluding carboxylic acids is 1. The second-order valence-electron chi connectivity index (χ2n) is 6.06. The Morgan fingerprint density at radius 2 is 2.00 bits per heavy atom. The van der Waals surface area contributed by atoms with Crippen molar-refractivity contribution in [3.05, 3.63) is 30.3 Å². The first-order chi connectivity index (χ1) is 10.3. The van der Waals surface area contributed by atoms with E-state index >= 15 is 0 Å². The predicted molar refractivity (Wildman–Crippen MR) is 89.5 cm³/mol. The van der Waals surface area contributed by atoms with Crippen LogP contribution in [0.4, 0.5) is 0 Å². The molecule has 3 atom stereocenters. The summed E-state index contributed by atoms with van der Waals surface area (Å²) in [6, 6.07) is 10.2. The van der Waals surface area contributed by atoms with Crippen LogP contribution in [0.15, 0.2) is 30.3 Å². The second kappa shape index (κ2) is 8.39. The molecule has 22 heavy (non-hydrogen) atoms. The maximum absolute atomic E-state index is 12.2. The summed E-state index contributed by atoms with van der Waals surface area (Å²) in [6.45, 7) is 1.07. The van der Waals surface area contributed by atoms with Gasteiger partial charge in [-0.2, -0.15) is 0 Å². The molecular weight excluding hydrogens is 300 g/mol. The van der Waals surface area contributed by atoms with Gasteiger partial charge in [0, 0.05) is 6.04 Å². The Bertz CT molecular complexity index is 455. The van der Waals surface area contributed by atoms with E-state index in [4.69, 9.17) is 4.74 Å². The number of carbonyl (C=O) groups is 1. The maximum atomic E-state index is 12.2. The molecule has 1 saturated heterocycles. The lowest BCUT2D eigenvalue weighted by Gasteiger charge is -2.24. The number of halogens is 1. The van der Waals surface area contributed by atoms with Gasteiger partial charge in [0.15, 0.2) is 0 Å². The highest BCUT2D eigenvalue weighted by Gasteiger charge is 2.37. The average molecular weight is 325 g/mol. The highest BCUT2D eigenvalue weighted by molar-refractivity contribution is 5.85. The molecule has 122 valence electrons. The number of rotatable bonds is 5. The Labute approximate surface area is 138 Å². The van der Waals surface area contributed by atoms with E-state index in [0.717, 1.165) is 12.2 Å². The predicted octanol–water partition coefficient (Wildman–Crippen LogP) is 2.52. The summed E-state index contributed by atoms with van der Waals surface area (Å²) in [6.07, 6.45) is 6.12. The smallest absolute Gasteiger partial charge is 0.237 e. The van der Waals surface area contributed by atoms with E-state index < -0.39 is 0 Å². The number of ether oxygens (including phenoxy) is 1. The van der Waals surface area contributed by atoms with Gasteiger partial charge in [-0.05, 0) is 37.3 Å². The average Bonchev–Trinajstić information content (AvgIpc) is 2.96. The molecule has 0 aromatic heterocycles. The number of hydrogen-bond acceptors (Lipinski definition) is 3. The zero-order chi connectivity index (χ0) is 14.5. The minimum Gasteiger partial charge on any atom is -0.492 e. The van der Waals surface area contributed by atoms with Crippen molar-refractivity contribution in [3.8, 4) is 5.75 Å². The van der Waals surface area contributed by atoms with Gasteiger partial charge in [0.2, 0.25) is 5.91 Å². The monoisotopic (exact) mass is 324 g/mol. The molecule has 1 aliphatic heterocycles. The molecule has 0 bridgehead atoms. The molecule has 0 radical (unpaired) electrons. The topological polar surface area (TPSA) is 50.4 Å². The third-order valence-corrected chi connectivity index (χ3v) is 4.59. The number of hydrogen-bond donors (Lipinski definition) is 2. The van der Waals surface area contributed by atoms with Crippen LogP contribution < -0.4 is 15.4 Å². The van der Waals surface area contributed by atoms with E-state index in [1.807, 2.05) is 30.3 Å². The van der Waals surface area contributed by atoms with E-state index in [2.05, 4.69) is 10.6 Å². The SMILES string of the molecule is Cl.O=C(NCCOc1ccccc1)C1CC2CCCCC2N1. The standard InChI is InChI=1S/C17H24N2O2.ClH/c20-17(16-12-13-6-4-5-9-15(13)19-16)18-10-11-21-14-7-2-1-3-8-14;/h1-3,7-8,13,15-16,19H,4-6,9-12H2,(H,18,20);1H. The van der Waals surface area contributed by atoms with Gasteiger partial charge in [-0.1, -0.05) is 31.0 Å². The Morgan fingerprint density at radius 3 is 2.77 bits per heavy atom. The molecule has 3 rings (SSSR count). The molecule has 0 spiro atoms. The lowest BCUT2D eigenvalue weighted by atomic mass is 9.85. The fourth-order valence-corrected chi connectivity index (χ4v) is 3.50. The number of para-hydroxylation sites is 1.